The Morgan fingerprint density at radius 3 is 2.31 bits per heavy atom. The maximum atomic E-state index is 13.2. The van der Waals surface area contributed by atoms with Crippen molar-refractivity contribution >= 4 is 15.6 Å². The molecule has 16 heavy (non-hydrogen) atoms. The number of carbonyl (C=O) groups excluding carboxylic acids is 1. The molecule has 0 N–H and O–H groups in total. The van der Waals surface area contributed by atoms with Crippen molar-refractivity contribution in [2.45, 2.75) is 18.7 Å². The number of sulfone groups is 1. The lowest BCUT2D eigenvalue weighted by molar-refractivity contribution is 0.0939. The summed E-state index contributed by atoms with van der Waals surface area (Å²) in [5.74, 6) is -1.29. The van der Waals surface area contributed by atoms with E-state index in [0.717, 1.165) is 18.4 Å². The van der Waals surface area contributed by atoms with Gasteiger partial charge in [0.2, 0.25) is 0 Å². The lowest BCUT2D eigenvalue weighted by Crippen LogP contribution is -2.10. The van der Waals surface area contributed by atoms with Gasteiger partial charge in [-0.1, -0.05) is 13.8 Å². The van der Waals surface area contributed by atoms with Gasteiger partial charge >= 0.3 is 0 Å². The third kappa shape index (κ3) is 2.66. The summed E-state index contributed by atoms with van der Waals surface area (Å²) in [5, 5.41) is 0. The Balaban J connectivity index is 3.34. The zero-order valence-electron chi connectivity index (χ0n) is 9.32. The van der Waals surface area contributed by atoms with Gasteiger partial charge < -0.3 is 0 Å². The van der Waals surface area contributed by atoms with Crippen LogP contribution in [0.5, 0.6) is 0 Å². The van der Waals surface area contributed by atoms with E-state index < -0.39 is 20.5 Å². The molecule has 0 aliphatic carbocycles. The van der Waals surface area contributed by atoms with Gasteiger partial charge in [0.05, 0.1) is 0 Å². The third-order valence-corrected chi connectivity index (χ3v) is 3.25. The van der Waals surface area contributed by atoms with Crippen LogP contribution in [0.1, 0.15) is 24.2 Å². The summed E-state index contributed by atoms with van der Waals surface area (Å²) in [6, 6.07) is 3.39. The number of benzene rings is 1. The van der Waals surface area contributed by atoms with Gasteiger partial charge in [-0.3, -0.25) is 4.79 Å². The van der Waals surface area contributed by atoms with Crippen molar-refractivity contribution in [2.24, 2.45) is 5.92 Å². The van der Waals surface area contributed by atoms with E-state index in [4.69, 9.17) is 0 Å². The summed E-state index contributed by atoms with van der Waals surface area (Å²) in [5.41, 5.74) is 0.219. The smallest absolute Gasteiger partial charge is 0.178 e. The minimum atomic E-state index is -3.64. The number of ketones is 1. The molecule has 0 fully saturated rings. The second kappa shape index (κ2) is 4.33. The maximum absolute atomic E-state index is 13.2. The van der Waals surface area contributed by atoms with Gasteiger partial charge in [0.25, 0.3) is 0 Å². The quantitative estimate of drug-likeness (QED) is 0.765. The van der Waals surface area contributed by atoms with E-state index in [1.807, 2.05) is 0 Å². The Hall–Kier alpha value is -1.23. The molecule has 0 radical (unpaired) electrons. The van der Waals surface area contributed by atoms with Crippen molar-refractivity contribution in [1.82, 2.24) is 0 Å². The highest BCUT2D eigenvalue weighted by molar-refractivity contribution is 7.90. The van der Waals surface area contributed by atoms with Crippen LogP contribution in [-0.4, -0.2) is 20.5 Å². The van der Waals surface area contributed by atoms with Crippen LogP contribution in [0.25, 0.3) is 0 Å². The average Bonchev–Trinajstić information content (AvgIpc) is 2.15. The summed E-state index contributed by atoms with van der Waals surface area (Å²) in [4.78, 5) is 11.2. The van der Waals surface area contributed by atoms with Crippen molar-refractivity contribution in [3.63, 3.8) is 0 Å². The van der Waals surface area contributed by atoms with Gasteiger partial charge in [-0.05, 0) is 18.2 Å². The molecular weight excluding hydrogens is 231 g/mol. The van der Waals surface area contributed by atoms with Gasteiger partial charge in [-0.15, -0.1) is 0 Å². The zero-order chi connectivity index (χ0) is 12.5. The molecule has 0 amide bonds. The summed E-state index contributed by atoms with van der Waals surface area (Å²) < 4.78 is 35.7. The van der Waals surface area contributed by atoms with Crippen LogP contribution in [0.4, 0.5) is 4.39 Å². The first-order valence-corrected chi connectivity index (χ1v) is 6.66. The number of Topliss-reactive ketones (excluding diaryl/α,β-unsaturated/α-hetero) is 1. The van der Waals surface area contributed by atoms with Crippen molar-refractivity contribution in [3.05, 3.63) is 29.6 Å². The zero-order valence-corrected chi connectivity index (χ0v) is 10.1. The second-order valence-corrected chi connectivity index (χ2v) is 5.92. The van der Waals surface area contributed by atoms with Gasteiger partial charge in [-0.25, -0.2) is 12.8 Å². The Morgan fingerprint density at radius 2 is 1.88 bits per heavy atom. The molecule has 0 heterocycles. The molecule has 1 aromatic carbocycles. The fourth-order valence-electron chi connectivity index (χ4n) is 1.27. The highest BCUT2D eigenvalue weighted by atomic mass is 32.2. The van der Waals surface area contributed by atoms with Crippen molar-refractivity contribution in [1.29, 1.82) is 0 Å². The summed E-state index contributed by atoms with van der Waals surface area (Å²) >= 11 is 0. The van der Waals surface area contributed by atoms with Crippen LogP contribution in [0.15, 0.2) is 23.1 Å². The van der Waals surface area contributed by atoms with Gasteiger partial charge in [0.15, 0.2) is 15.6 Å². The molecule has 0 atom stereocenters. The molecule has 0 bridgehead atoms. The SMILES string of the molecule is CC(C)C(=O)c1ccc(F)c(S(C)(=O)=O)c1. The van der Waals surface area contributed by atoms with E-state index in [-0.39, 0.29) is 17.3 Å². The standard InChI is InChI=1S/C11H13FO3S/c1-7(2)11(13)8-4-5-9(12)10(6-8)16(3,14)15/h4-7H,1-3H3. The van der Waals surface area contributed by atoms with Gasteiger partial charge in [0.1, 0.15) is 10.7 Å². The Kier molecular flexibility index (Phi) is 3.48. The Morgan fingerprint density at radius 1 is 1.31 bits per heavy atom. The first-order valence-electron chi connectivity index (χ1n) is 4.77. The number of halogens is 1. The molecule has 3 nitrogen and oxygen atoms in total. The molecule has 1 aromatic rings. The number of hydrogen-bond donors (Lipinski definition) is 0. The van der Waals surface area contributed by atoms with Gasteiger partial charge in [0, 0.05) is 17.7 Å². The molecule has 0 aromatic heterocycles. The van der Waals surface area contributed by atoms with Crippen molar-refractivity contribution in [3.8, 4) is 0 Å². The molecule has 0 aliphatic rings. The largest absolute Gasteiger partial charge is 0.294 e. The van der Waals surface area contributed by atoms with Crippen LogP contribution >= 0.6 is 0 Å². The van der Waals surface area contributed by atoms with Crippen LogP contribution < -0.4 is 0 Å². The Labute approximate surface area is 94.2 Å². The van der Waals surface area contributed by atoms with Crippen LogP contribution in [0.2, 0.25) is 0 Å². The molecule has 88 valence electrons. The first kappa shape index (κ1) is 12.8. The fraction of sp³-hybridized carbons (Fsp3) is 0.364. The fourth-order valence-corrected chi connectivity index (χ4v) is 2.04. The van der Waals surface area contributed by atoms with Gasteiger partial charge in [-0.2, -0.15) is 0 Å². The monoisotopic (exact) mass is 244 g/mol. The average molecular weight is 244 g/mol. The molecule has 0 saturated heterocycles. The minimum Gasteiger partial charge on any atom is -0.294 e. The topological polar surface area (TPSA) is 51.2 Å². The molecule has 0 spiro atoms. The summed E-state index contributed by atoms with van der Waals surface area (Å²) in [6.07, 6.45) is 0.912. The molecule has 0 saturated carbocycles. The lowest BCUT2D eigenvalue weighted by Gasteiger charge is -2.06. The van der Waals surface area contributed by atoms with Crippen LogP contribution in [0.3, 0.4) is 0 Å². The van der Waals surface area contributed by atoms with Crippen LogP contribution in [0, 0.1) is 11.7 Å². The summed E-state index contributed by atoms with van der Waals surface area (Å²) in [6.45, 7) is 3.40. The van der Waals surface area contributed by atoms with E-state index in [9.17, 15) is 17.6 Å². The molecule has 1 rings (SSSR count). The predicted molar refractivity (Wildman–Crippen MR) is 58.7 cm³/mol. The number of carbonyl (C=O) groups is 1. The molecule has 0 aliphatic heterocycles. The third-order valence-electron chi connectivity index (χ3n) is 2.14. The highest BCUT2D eigenvalue weighted by Gasteiger charge is 2.18. The normalized spacial score (nSPS) is 11.8. The van der Waals surface area contributed by atoms with E-state index in [0.29, 0.717) is 0 Å². The minimum absolute atomic E-state index is 0.204. The van der Waals surface area contributed by atoms with E-state index in [2.05, 4.69) is 0 Å². The lowest BCUT2D eigenvalue weighted by atomic mass is 10.0. The molecule has 5 heteroatoms. The van der Waals surface area contributed by atoms with Crippen molar-refractivity contribution < 1.29 is 17.6 Å². The van der Waals surface area contributed by atoms with Crippen molar-refractivity contribution in [2.75, 3.05) is 6.26 Å². The number of rotatable bonds is 3. The molecular formula is C11H13FO3S. The Bertz CT molecular complexity index is 518. The van der Waals surface area contributed by atoms with E-state index in [1.54, 1.807) is 13.8 Å². The van der Waals surface area contributed by atoms with E-state index >= 15 is 0 Å². The number of hydrogen-bond acceptors (Lipinski definition) is 3. The summed E-state index contributed by atoms with van der Waals surface area (Å²) in [7, 11) is -3.64. The predicted octanol–water partition coefficient (Wildman–Crippen LogP) is 2.07. The molecule has 0 unspecified atom stereocenters. The maximum Gasteiger partial charge on any atom is 0.178 e. The second-order valence-electron chi connectivity index (χ2n) is 3.94. The van der Waals surface area contributed by atoms with E-state index in [1.165, 1.54) is 6.07 Å². The van der Waals surface area contributed by atoms with Crippen LogP contribution in [-0.2, 0) is 9.84 Å². The first-order chi connectivity index (χ1) is 7.23. The highest BCUT2D eigenvalue weighted by Crippen LogP contribution is 2.18.